The van der Waals surface area contributed by atoms with Crippen LogP contribution in [0.4, 0.5) is 0 Å². The third-order valence-corrected chi connectivity index (χ3v) is 6.19. The number of rotatable bonds is 5. The summed E-state index contributed by atoms with van der Waals surface area (Å²) in [6.45, 7) is 7.71. The fourth-order valence-corrected chi connectivity index (χ4v) is 4.31. The molecule has 1 aliphatic heterocycles. The van der Waals surface area contributed by atoms with E-state index < -0.39 is 0 Å². The highest BCUT2D eigenvalue weighted by atomic mass is 32.2. The summed E-state index contributed by atoms with van der Waals surface area (Å²) in [7, 11) is 0. The first kappa shape index (κ1) is 14.9. The lowest BCUT2D eigenvalue weighted by Gasteiger charge is -2.34. The minimum Gasteiger partial charge on any atom is -0.356 e. The summed E-state index contributed by atoms with van der Waals surface area (Å²) in [6.07, 6.45) is 5.35. The van der Waals surface area contributed by atoms with Crippen molar-refractivity contribution in [3.63, 3.8) is 0 Å². The first-order chi connectivity index (χ1) is 9.23. The molecule has 0 saturated carbocycles. The van der Waals surface area contributed by atoms with Crippen molar-refractivity contribution in [3.8, 4) is 0 Å². The highest BCUT2D eigenvalue weighted by Gasteiger charge is 2.30. The first-order valence-electron chi connectivity index (χ1n) is 7.06. The van der Waals surface area contributed by atoms with E-state index in [1.807, 2.05) is 23.3 Å². The zero-order valence-electron chi connectivity index (χ0n) is 12.0. The summed E-state index contributed by atoms with van der Waals surface area (Å²) < 4.78 is 0. The van der Waals surface area contributed by atoms with Gasteiger partial charge in [0.2, 0.25) is 0 Å². The van der Waals surface area contributed by atoms with Crippen molar-refractivity contribution in [2.75, 3.05) is 12.3 Å². The first-order valence-corrected chi connectivity index (χ1v) is 8.92. The van der Waals surface area contributed by atoms with Crippen molar-refractivity contribution in [3.05, 3.63) is 16.6 Å². The van der Waals surface area contributed by atoms with Gasteiger partial charge in [-0.05, 0) is 24.7 Å². The normalized spacial score (nSPS) is 19.8. The highest BCUT2D eigenvalue weighted by Crippen LogP contribution is 2.35. The number of nitrogens with one attached hydrogen (secondary N) is 1. The molecule has 19 heavy (non-hydrogen) atoms. The van der Waals surface area contributed by atoms with Gasteiger partial charge in [-0.3, -0.25) is 4.99 Å². The second-order valence-corrected chi connectivity index (χ2v) is 6.98. The fraction of sp³-hybridized carbons (Fsp3) is 0.714. The van der Waals surface area contributed by atoms with Crippen molar-refractivity contribution >= 4 is 28.3 Å². The molecular weight excluding hydrogens is 274 g/mol. The van der Waals surface area contributed by atoms with Gasteiger partial charge in [0, 0.05) is 23.9 Å². The van der Waals surface area contributed by atoms with Gasteiger partial charge in [-0.2, -0.15) is 0 Å². The third kappa shape index (κ3) is 3.51. The molecule has 106 valence electrons. The maximum absolute atomic E-state index is 4.77. The summed E-state index contributed by atoms with van der Waals surface area (Å²) in [6, 6.07) is 0.307. The molecule has 0 saturated heterocycles. The van der Waals surface area contributed by atoms with Crippen LogP contribution in [0, 0.1) is 5.41 Å². The minimum atomic E-state index is 0.307. The van der Waals surface area contributed by atoms with E-state index in [1.54, 1.807) is 11.3 Å². The summed E-state index contributed by atoms with van der Waals surface area (Å²) >= 11 is 3.59. The Morgan fingerprint density at radius 2 is 2.16 bits per heavy atom. The molecule has 0 bridgehead atoms. The van der Waals surface area contributed by atoms with Gasteiger partial charge in [0.25, 0.3) is 0 Å². The van der Waals surface area contributed by atoms with Crippen molar-refractivity contribution in [1.29, 1.82) is 0 Å². The molecule has 1 aromatic heterocycles. The average Bonchev–Trinajstić information content (AvgIpc) is 2.99. The molecule has 1 aliphatic rings. The second-order valence-electron chi connectivity index (χ2n) is 5.09. The number of thioether (sulfide) groups is 1. The standard InChI is InChI=1S/C14H23N3S2/c1-4-11(12-15-7-8-18-12)17-13-16-9-14(5-2,6-3)10-19-13/h7-8,11H,4-6,9-10H2,1-3H3,(H,16,17). The van der Waals surface area contributed by atoms with E-state index in [0.29, 0.717) is 11.5 Å². The zero-order valence-corrected chi connectivity index (χ0v) is 13.6. The Morgan fingerprint density at radius 3 is 2.63 bits per heavy atom. The van der Waals surface area contributed by atoms with E-state index in [-0.39, 0.29) is 0 Å². The largest absolute Gasteiger partial charge is 0.356 e. The smallest absolute Gasteiger partial charge is 0.157 e. The molecule has 1 atom stereocenters. The molecule has 0 amide bonds. The Morgan fingerprint density at radius 1 is 1.37 bits per heavy atom. The number of nitrogens with zero attached hydrogens (tertiary/aromatic N) is 2. The maximum atomic E-state index is 4.77. The molecule has 0 aromatic carbocycles. The number of hydrogen-bond donors (Lipinski definition) is 1. The zero-order chi connectivity index (χ0) is 13.7. The van der Waals surface area contributed by atoms with E-state index in [0.717, 1.165) is 23.1 Å². The molecule has 1 N–H and O–H groups in total. The number of aliphatic imine (C=N–C) groups is 1. The van der Waals surface area contributed by atoms with Crippen LogP contribution in [-0.2, 0) is 0 Å². The van der Waals surface area contributed by atoms with Crippen LogP contribution in [0.5, 0.6) is 0 Å². The monoisotopic (exact) mass is 297 g/mol. The topological polar surface area (TPSA) is 37.3 Å². The number of thiazole rings is 1. The Labute approximate surface area is 124 Å². The van der Waals surface area contributed by atoms with Gasteiger partial charge >= 0.3 is 0 Å². The Bertz CT molecular complexity index is 410. The van der Waals surface area contributed by atoms with Crippen LogP contribution in [0.25, 0.3) is 0 Å². The van der Waals surface area contributed by atoms with Crippen LogP contribution in [0.2, 0.25) is 0 Å². The van der Waals surface area contributed by atoms with Crippen molar-refractivity contribution in [2.45, 2.75) is 46.1 Å². The molecule has 2 heterocycles. The van der Waals surface area contributed by atoms with Gasteiger partial charge in [-0.1, -0.05) is 32.5 Å². The van der Waals surface area contributed by atoms with E-state index in [4.69, 9.17) is 4.99 Å². The van der Waals surface area contributed by atoms with Crippen LogP contribution >= 0.6 is 23.1 Å². The summed E-state index contributed by atoms with van der Waals surface area (Å²) in [4.78, 5) is 9.17. The van der Waals surface area contributed by atoms with E-state index in [9.17, 15) is 0 Å². The predicted octanol–water partition coefficient (Wildman–Crippen LogP) is 4.09. The van der Waals surface area contributed by atoms with Crippen LogP contribution in [0.15, 0.2) is 16.6 Å². The molecule has 0 fully saturated rings. The summed E-state index contributed by atoms with van der Waals surface area (Å²) in [5.74, 6) is 1.18. The van der Waals surface area contributed by atoms with E-state index in [2.05, 4.69) is 31.1 Å². The minimum absolute atomic E-state index is 0.307. The average molecular weight is 297 g/mol. The number of hydrogen-bond acceptors (Lipinski definition) is 5. The van der Waals surface area contributed by atoms with Gasteiger partial charge in [0.15, 0.2) is 5.17 Å². The van der Waals surface area contributed by atoms with Gasteiger partial charge < -0.3 is 5.32 Å². The molecule has 0 aliphatic carbocycles. The summed E-state index contributed by atoms with van der Waals surface area (Å²) in [5, 5.41) is 7.85. The molecule has 1 unspecified atom stereocenters. The number of aromatic nitrogens is 1. The molecule has 2 rings (SSSR count). The van der Waals surface area contributed by atoms with Gasteiger partial charge in [-0.25, -0.2) is 4.98 Å². The van der Waals surface area contributed by atoms with Crippen LogP contribution in [0.3, 0.4) is 0 Å². The van der Waals surface area contributed by atoms with E-state index in [1.165, 1.54) is 18.6 Å². The third-order valence-electron chi connectivity index (χ3n) is 4.03. The second kappa shape index (κ2) is 6.75. The molecule has 0 radical (unpaired) electrons. The lowest BCUT2D eigenvalue weighted by Crippen LogP contribution is -2.35. The molecule has 5 heteroatoms. The Balaban J connectivity index is 1.99. The van der Waals surface area contributed by atoms with Crippen molar-refractivity contribution < 1.29 is 0 Å². The fourth-order valence-electron chi connectivity index (χ4n) is 2.21. The maximum Gasteiger partial charge on any atom is 0.157 e. The summed E-state index contributed by atoms with van der Waals surface area (Å²) in [5.41, 5.74) is 0.415. The quantitative estimate of drug-likeness (QED) is 0.889. The predicted molar refractivity (Wildman–Crippen MR) is 86.1 cm³/mol. The molecular formula is C14H23N3S2. The lowest BCUT2D eigenvalue weighted by molar-refractivity contribution is 0.318. The van der Waals surface area contributed by atoms with Gasteiger partial charge in [-0.15, -0.1) is 11.3 Å². The van der Waals surface area contributed by atoms with E-state index >= 15 is 0 Å². The van der Waals surface area contributed by atoms with Gasteiger partial charge in [0.1, 0.15) is 5.01 Å². The molecule has 0 spiro atoms. The van der Waals surface area contributed by atoms with Crippen molar-refractivity contribution in [1.82, 2.24) is 10.3 Å². The Hall–Kier alpha value is -0.550. The van der Waals surface area contributed by atoms with Crippen LogP contribution < -0.4 is 5.32 Å². The van der Waals surface area contributed by atoms with Crippen molar-refractivity contribution in [2.24, 2.45) is 10.4 Å². The van der Waals surface area contributed by atoms with Gasteiger partial charge in [0.05, 0.1) is 6.04 Å². The number of amidine groups is 1. The highest BCUT2D eigenvalue weighted by molar-refractivity contribution is 8.13. The molecule has 3 nitrogen and oxygen atoms in total. The Kier molecular flexibility index (Phi) is 5.28. The van der Waals surface area contributed by atoms with Crippen LogP contribution in [0.1, 0.15) is 51.1 Å². The SMILES string of the molecule is CCC(NC1=NCC(CC)(CC)CS1)c1nccs1. The molecule has 1 aromatic rings. The lowest BCUT2D eigenvalue weighted by atomic mass is 9.84. The van der Waals surface area contributed by atoms with Crippen LogP contribution in [-0.4, -0.2) is 22.4 Å².